The lowest BCUT2D eigenvalue weighted by molar-refractivity contribution is -0.114. The molecule has 1 saturated heterocycles. The van der Waals surface area contributed by atoms with E-state index in [1.807, 2.05) is 12.1 Å². The molecule has 1 fully saturated rings. The van der Waals surface area contributed by atoms with E-state index < -0.39 is 0 Å². The minimum Gasteiger partial charge on any atom is -0.326 e. The summed E-state index contributed by atoms with van der Waals surface area (Å²) < 4.78 is 0. The molecule has 1 aliphatic rings. The fourth-order valence-electron chi connectivity index (χ4n) is 2.59. The summed E-state index contributed by atoms with van der Waals surface area (Å²) in [6, 6.07) is 8.16. The average Bonchev–Trinajstić information content (AvgIpc) is 2.31. The molecule has 1 heterocycles. The number of carbonyl (C=O) groups excluding carboxylic acids is 1. The Hall–Kier alpha value is -1.35. The molecule has 0 unspecified atom stereocenters. The van der Waals surface area contributed by atoms with Crippen molar-refractivity contribution in [2.24, 2.45) is 5.92 Å². The van der Waals surface area contributed by atoms with Crippen molar-refractivity contribution >= 4 is 11.6 Å². The highest BCUT2D eigenvalue weighted by molar-refractivity contribution is 5.88. The lowest BCUT2D eigenvalue weighted by Crippen LogP contribution is -2.33. The van der Waals surface area contributed by atoms with E-state index in [4.69, 9.17) is 0 Å². The van der Waals surface area contributed by atoms with Crippen LogP contribution in [-0.2, 0) is 11.3 Å². The Bertz CT molecular complexity index is 399. The first-order chi connectivity index (χ1) is 8.63. The first kappa shape index (κ1) is 13.1. The third-order valence-electron chi connectivity index (χ3n) is 3.42. The average molecular weight is 246 g/mol. The molecular formula is C15H22N2O. The summed E-state index contributed by atoms with van der Waals surface area (Å²) in [7, 11) is 0. The van der Waals surface area contributed by atoms with E-state index in [1.165, 1.54) is 38.4 Å². The summed E-state index contributed by atoms with van der Waals surface area (Å²) in [5.41, 5.74) is 2.19. The molecule has 1 amide bonds. The molecule has 98 valence electrons. The van der Waals surface area contributed by atoms with Crippen LogP contribution in [0.4, 0.5) is 5.69 Å². The number of amides is 1. The minimum absolute atomic E-state index is 0.0207. The van der Waals surface area contributed by atoms with Gasteiger partial charge in [-0.05, 0) is 43.0 Å². The van der Waals surface area contributed by atoms with Crippen molar-refractivity contribution in [1.82, 2.24) is 4.90 Å². The van der Waals surface area contributed by atoms with E-state index in [0.717, 1.165) is 18.2 Å². The van der Waals surface area contributed by atoms with E-state index in [-0.39, 0.29) is 5.91 Å². The smallest absolute Gasteiger partial charge is 0.221 e. The zero-order valence-corrected chi connectivity index (χ0v) is 11.3. The van der Waals surface area contributed by atoms with Crippen LogP contribution in [0.15, 0.2) is 24.3 Å². The second-order valence-corrected chi connectivity index (χ2v) is 5.36. The van der Waals surface area contributed by atoms with Gasteiger partial charge in [-0.15, -0.1) is 0 Å². The summed E-state index contributed by atoms with van der Waals surface area (Å²) in [5, 5.41) is 2.79. The van der Waals surface area contributed by atoms with Crippen LogP contribution in [0.3, 0.4) is 0 Å². The molecule has 3 heteroatoms. The number of anilines is 1. The lowest BCUT2D eigenvalue weighted by Gasteiger charge is -2.30. The van der Waals surface area contributed by atoms with Gasteiger partial charge in [0.05, 0.1) is 0 Å². The number of benzene rings is 1. The molecular weight excluding hydrogens is 224 g/mol. The van der Waals surface area contributed by atoms with Gasteiger partial charge in [0.1, 0.15) is 0 Å². The standard InChI is InChI=1S/C15H22N2O/c1-12-4-3-9-17(10-12)11-14-5-7-15(8-6-14)16-13(2)18/h5-8,12H,3-4,9-11H2,1-2H3,(H,16,18)/t12-/m1/s1. The Balaban J connectivity index is 1.91. The van der Waals surface area contributed by atoms with Gasteiger partial charge in [0.25, 0.3) is 0 Å². The maximum absolute atomic E-state index is 10.9. The van der Waals surface area contributed by atoms with Crippen LogP contribution in [0.25, 0.3) is 0 Å². The van der Waals surface area contributed by atoms with Crippen LogP contribution in [0, 0.1) is 5.92 Å². The van der Waals surface area contributed by atoms with Gasteiger partial charge in [-0.2, -0.15) is 0 Å². The van der Waals surface area contributed by atoms with E-state index in [1.54, 1.807) is 0 Å². The van der Waals surface area contributed by atoms with Gasteiger partial charge >= 0.3 is 0 Å². The number of nitrogens with one attached hydrogen (secondary N) is 1. The Morgan fingerprint density at radius 1 is 1.39 bits per heavy atom. The van der Waals surface area contributed by atoms with Crippen molar-refractivity contribution in [3.63, 3.8) is 0 Å². The molecule has 0 radical (unpaired) electrons. The molecule has 2 rings (SSSR count). The number of likely N-dealkylation sites (tertiary alicyclic amines) is 1. The monoisotopic (exact) mass is 246 g/mol. The third kappa shape index (κ3) is 3.84. The fourth-order valence-corrected chi connectivity index (χ4v) is 2.59. The number of nitrogens with zero attached hydrogens (tertiary/aromatic N) is 1. The molecule has 18 heavy (non-hydrogen) atoms. The van der Waals surface area contributed by atoms with E-state index in [9.17, 15) is 4.79 Å². The highest BCUT2D eigenvalue weighted by atomic mass is 16.1. The molecule has 1 N–H and O–H groups in total. The summed E-state index contributed by atoms with van der Waals surface area (Å²) in [6.07, 6.45) is 2.67. The zero-order valence-electron chi connectivity index (χ0n) is 11.3. The summed E-state index contributed by atoms with van der Waals surface area (Å²) >= 11 is 0. The van der Waals surface area contributed by atoms with Crippen molar-refractivity contribution in [3.8, 4) is 0 Å². The summed E-state index contributed by atoms with van der Waals surface area (Å²) in [6.45, 7) is 7.28. The van der Waals surface area contributed by atoms with Crippen molar-refractivity contribution in [2.45, 2.75) is 33.2 Å². The second kappa shape index (κ2) is 6.01. The quantitative estimate of drug-likeness (QED) is 0.889. The SMILES string of the molecule is CC(=O)Nc1ccc(CN2CCC[C@@H](C)C2)cc1. The largest absolute Gasteiger partial charge is 0.326 e. The molecule has 0 bridgehead atoms. The number of rotatable bonds is 3. The van der Waals surface area contributed by atoms with Gasteiger partial charge < -0.3 is 5.32 Å². The van der Waals surface area contributed by atoms with Crippen LogP contribution in [0.5, 0.6) is 0 Å². The minimum atomic E-state index is -0.0207. The third-order valence-corrected chi connectivity index (χ3v) is 3.42. The molecule has 1 aromatic rings. The van der Waals surface area contributed by atoms with Crippen LogP contribution in [0.1, 0.15) is 32.3 Å². The number of piperidine rings is 1. The Kier molecular flexibility index (Phi) is 4.37. The van der Waals surface area contributed by atoms with Crippen molar-refractivity contribution in [2.75, 3.05) is 18.4 Å². The molecule has 1 aromatic carbocycles. The zero-order chi connectivity index (χ0) is 13.0. The van der Waals surface area contributed by atoms with Crippen LogP contribution >= 0.6 is 0 Å². The fraction of sp³-hybridized carbons (Fsp3) is 0.533. The predicted molar refractivity (Wildman–Crippen MR) is 74.4 cm³/mol. The Labute approximate surface area is 109 Å². The van der Waals surface area contributed by atoms with Crippen LogP contribution in [-0.4, -0.2) is 23.9 Å². The van der Waals surface area contributed by atoms with E-state index in [0.29, 0.717) is 0 Å². The first-order valence-electron chi connectivity index (χ1n) is 6.72. The van der Waals surface area contributed by atoms with Gasteiger partial charge in [0.2, 0.25) is 5.91 Å². The van der Waals surface area contributed by atoms with Gasteiger partial charge in [-0.3, -0.25) is 9.69 Å². The van der Waals surface area contributed by atoms with Gasteiger partial charge in [-0.25, -0.2) is 0 Å². The summed E-state index contributed by atoms with van der Waals surface area (Å²) in [4.78, 5) is 13.4. The van der Waals surface area contributed by atoms with Crippen LogP contribution < -0.4 is 5.32 Å². The van der Waals surface area contributed by atoms with Gasteiger partial charge in [0, 0.05) is 25.7 Å². The highest BCUT2D eigenvalue weighted by Crippen LogP contribution is 2.18. The Morgan fingerprint density at radius 2 is 2.11 bits per heavy atom. The topological polar surface area (TPSA) is 32.3 Å². The van der Waals surface area contributed by atoms with E-state index in [2.05, 4.69) is 29.3 Å². The van der Waals surface area contributed by atoms with Gasteiger partial charge in [0.15, 0.2) is 0 Å². The van der Waals surface area contributed by atoms with Crippen molar-refractivity contribution in [1.29, 1.82) is 0 Å². The molecule has 3 nitrogen and oxygen atoms in total. The first-order valence-corrected chi connectivity index (χ1v) is 6.72. The van der Waals surface area contributed by atoms with Gasteiger partial charge in [-0.1, -0.05) is 19.1 Å². The lowest BCUT2D eigenvalue weighted by atomic mass is 10.00. The predicted octanol–water partition coefficient (Wildman–Crippen LogP) is 2.88. The van der Waals surface area contributed by atoms with Crippen LogP contribution in [0.2, 0.25) is 0 Å². The highest BCUT2D eigenvalue weighted by Gasteiger charge is 2.15. The summed E-state index contributed by atoms with van der Waals surface area (Å²) in [5.74, 6) is 0.796. The molecule has 0 aromatic heterocycles. The second-order valence-electron chi connectivity index (χ2n) is 5.36. The normalized spacial score (nSPS) is 20.7. The molecule has 1 atom stereocenters. The molecule has 0 saturated carbocycles. The molecule has 0 spiro atoms. The maximum atomic E-state index is 10.9. The van der Waals surface area contributed by atoms with E-state index >= 15 is 0 Å². The maximum Gasteiger partial charge on any atom is 0.221 e. The Morgan fingerprint density at radius 3 is 2.72 bits per heavy atom. The molecule has 0 aliphatic carbocycles. The van der Waals surface area contributed by atoms with Crippen molar-refractivity contribution < 1.29 is 4.79 Å². The number of hydrogen-bond donors (Lipinski definition) is 1. The van der Waals surface area contributed by atoms with Crippen molar-refractivity contribution in [3.05, 3.63) is 29.8 Å². The number of carbonyl (C=O) groups is 1. The number of hydrogen-bond acceptors (Lipinski definition) is 2. The molecule has 1 aliphatic heterocycles.